The summed E-state index contributed by atoms with van der Waals surface area (Å²) in [7, 11) is 0. The van der Waals surface area contributed by atoms with Gasteiger partial charge >= 0.3 is 0 Å². The van der Waals surface area contributed by atoms with E-state index in [9.17, 15) is 0 Å². The molecule has 1 heterocycles. The first-order chi connectivity index (χ1) is 10.7. The zero-order valence-corrected chi connectivity index (χ0v) is 12.0. The molecule has 0 unspecified atom stereocenters. The number of hydrogen-bond donors (Lipinski definition) is 3. The van der Waals surface area contributed by atoms with Gasteiger partial charge in [-0.05, 0) is 42.7 Å². The Morgan fingerprint density at radius 2 is 2.14 bits per heavy atom. The third kappa shape index (κ3) is 4.42. The molecule has 0 spiro atoms. The van der Waals surface area contributed by atoms with E-state index in [4.69, 9.17) is 16.4 Å². The highest BCUT2D eigenvalue weighted by atomic mass is 15.3. The number of pyridine rings is 1. The van der Waals surface area contributed by atoms with Gasteiger partial charge in [-0.2, -0.15) is 10.4 Å². The van der Waals surface area contributed by atoms with Crippen LogP contribution in [0.3, 0.4) is 0 Å². The quantitative estimate of drug-likeness (QED) is 0.430. The normalized spacial score (nSPS) is 10.8. The van der Waals surface area contributed by atoms with E-state index in [2.05, 4.69) is 15.5 Å². The van der Waals surface area contributed by atoms with Crippen LogP contribution in [0.5, 0.6) is 0 Å². The number of rotatable bonds is 6. The first-order valence-corrected chi connectivity index (χ1v) is 6.76. The Labute approximate surface area is 128 Å². The molecule has 0 saturated heterocycles. The summed E-state index contributed by atoms with van der Waals surface area (Å²) in [5.74, 6) is -0.360. The summed E-state index contributed by atoms with van der Waals surface area (Å²) >= 11 is 0. The van der Waals surface area contributed by atoms with E-state index in [-0.39, 0.29) is 11.5 Å². The van der Waals surface area contributed by atoms with E-state index < -0.39 is 0 Å². The molecule has 0 fully saturated rings. The topological polar surface area (TPSA) is 111 Å². The van der Waals surface area contributed by atoms with Crippen LogP contribution >= 0.6 is 0 Å². The maximum atomic E-state index is 8.79. The number of hydrazone groups is 1. The first-order valence-electron chi connectivity index (χ1n) is 6.76. The summed E-state index contributed by atoms with van der Waals surface area (Å²) in [6, 6.07) is 15.3. The molecule has 1 aromatic carbocycles. The lowest BCUT2D eigenvalue weighted by atomic mass is 10.1. The van der Waals surface area contributed by atoms with Crippen LogP contribution in [0.1, 0.15) is 11.3 Å². The average molecular weight is 292 g/mol. The number of aromatic nitrogens is 1. The van der Waals surface area contributed by atoms with Crippen molar-refractivity contribution in [1.29, 1.82) is 10.7 Å². The fraction of sp³-hybridized carbons (Fsp3) is 0.125. The molecular formula is C16H16N6. The minimum Gasteiger partial charge on any atom is -0.382 e. The number of amidine groups is 1. The molecule has 0 aliphatic carbocycles. The van der Waals surface area contributed by atoms with Crippen LogP contribution in [0, 0.1) is 16.7 Å². The average Bonchev–Trinajstić information content (AvgIpc) is 2.54. The second-order valence-electron chi connectivity index (χ2n) is 4.62. The van der Waals surface area contributed by atoms with Crippen LogP contribution < -0.4 is 11.2 Å². The number of nitrogens with two attached hydrogens (primary N) is 1. The third-order valence-electron chi connectivity index (χ3n) is 2.98. The van der Waals surface area contributed by atoms with Crippen molar-refractivity contribution in [3.8, 4) is 6.07 Å². The van der Waals surface area contributed by atoms with Crippen molar-refractivity contribution in [2.45, 2.75) is 12.8 Å². The van der Waals surface area contributed by atoms with Gasteiger partial charge in [-0.1, -0.05) is 18.2 Å². The SMILES string of the molecule is N#C/C(=N\Nc1cccc(CCc2ccccn2)c1)C(=N)N. The zero-order valence-electron chi connectivity index (χ0n) is 12.0. The van der Waals surface area contributed by atoms with Gasteiger partial charge in [-0.25, -0.2) is 0 Å². The molecule has 2 rings (SSSR count). The largest absolute Gasteiger partial charge is 0.382 e. The Morgan fingerprint density at radius 3 is 2.82 bits per heavy atom. The van der Waals surface area contributed by atoms with Crippen LogP contribution in [0.2, 0.25) is 0 Å². The van der Waals surface area contributed by atoms with Gasteiger partial charge in [-0.3, -0.25) is 15.8 Å². The van der Waals surface area contributed by atoms with Crippen molar-refractivity contribution in [2.24, 2.45) is 10.8 Å². The maximum Gasteiger partial charge on any atom is 0.201 e. The minimum absolute atomic E-state index is 0.140. The van der Waals surface area contributed by atoms with E-state index in [1.807, 2.05) is 42.5 Å². The predicted octanol–water partition coefficient (Wildman–Crippen LogP) is 2.09. The van der Waals surface area contributed by atoms with E-state index in [0.29, 0.717) is 0 Å². The molecule has 2 aromatic rings. The fourth-order valence-corrected chi connectivity index (χ4v) is 1.88. The smallest absolute Gasteiger partial charge is 0.201 e. The van der Waals surface area contributed by atoms with Gasteiger partial charge in [0.1, 0.15) is 6.07 Å². The highest BCUT2D eigenvalue weighted by Gasteiger charge is 2.02. The van der Waals surface area contributed by atoms with Crippen LogP contribution in [0.15, 0.2) is 53.8 Å². The second-order valence-corrected chi connectivity index (χ2v) is 4.62. The molecule has 1 aromatic heterocycles. The number of nitrogens with one attached hydrogen (secondary N) is 2. The van der Waals surface area contributed by atoms with Crippen LogP contribution in [0.4, 0.5) is 5.69 Å². The van der Waals surface area contributed by atoms with Crippen molar-refractivity contribution >= 4 is 17.2 Å². The molecule has 0 radical (unpaired) electrons. The summed E-state index contributed by atoms with van der Waals surface area (Å²) < 4.78 is 0. The number of benzene rings is 1. The van der Waals surface area contributed by atoms with Gasteiger partial charge in [0.15, 0.2) is 5.84 Å². The van der Waals surface area contributed by atoms with E-state index in [1.54, 1.807) is 12.3 Å². The second kappa shape index (κ2) is 7.55. The highest BCUT2D eigenvalue weighted by molar-refractivity contribution is 6.45. The van der Waals surface area contributed by atoms with Gasteiger partial charge in [0, 0.05) is 11.9 Å². The lowest BCUT2D eigenvalue weighted by Crippen LogP contribution is -2.21. The van der Waals surface area contributed by atoms with Gasteiger partial charge in [0.05, 0.1) is 5.69 Å². The number of hydrogen-bond acceptors (Lipinski definition) is 5. The molecule has 110 valence electrons. The molecule has 0 aliphatic heterocycles. The lowest BCUT2D eigenvalue weighted by Gasteiger charge is -2.05. The predicted molar refractivity (Wildman–Crippen MR) is 86.7 cm³/mol. The molecule has 6 nitrogen and oxygen atoms in total. The molecule has 0 atom stereocenters. The Kier molecular flexibility index (Phi) is 5.21. The Morgan fingerprint density at radius 1 is 1.27 bits per heavy atom. The van der Waals surface area contributed by atoms with Crippen LogP contribution in [-0.2, 0) is 12.8 Å². The molecule has 0 amide bonds. The molecule has 4 N–H and O–H groups in total. The molecule has 0 bridgehead atoms. The van der Waals surface area contributed by atoms with Crippen LogP contribution in [0.25, 0.3) is 0 Å². The van der Waals surface area contributed by atoms with Crippen molar-refractivity contribution in [3.05, 3.63) is 59.9 Å². The summed E-state index contributed by atoms with van der Waals surface area (Å²) in [6.45, 7) is 0. The Balaban J connectivity index is 2.01. The molecule has 0 saturated carbocycles. The molecular weight excluding hydrogens is 276 g/mol. The first kappa shape index (κ1) is 15.2. The van der Waals surface area contributed by atoms with Gasteiger partial charge in [0.25, 0.3) is 0 Å². The van der Waals surface area contributed by atoms with E-state index >= 15 is 0 Å². The van der Waals surface area contributed by atoms with Crippen molar-refractivity contribution in [3.63, 3.8) is 0 Å². The summed E-state index contributed by atoms with van der Waals surface area (Å²) in [6.07, 6.45) is 3.49. The third-order valence-corrected chi connectivity index (χ3v) is 2.98. The highest BCUT2D eigenvalue weighted by Crippen LogP contribution is 2.13. The number of anilines is 1. The Bertz CT molecular complexity index is 715. The van der Waals surface area contributed by atoms with Crippen molar-refractivity contribution < 1.29 is 0 Å². The molecule has 6 heteroatoms. The number of nitrogens with zero attached hydrogens (tertiary/aromatic N) is 3. The maximum absolute atomic E-state index is 8.79. The zero-order chi connectivity index (χ0) is 15.8. The van der Waals surface area contributed by atoms with Gasteiger partial charge in [0.2, 0.25) is 5.71 Å². The van der Waals surface area contributed by atoms with Gasteiger partial charge in [-0.15, -0.1) is 0 Å². The molecule has 0 aliphatic rings. The minimum atomic E-state index is -0.360. The van der Waals surface area contributed by atoms with Crippen LogP contribution in [-0.4, -0.2) is 16.5 Å². The Hall–Kier alpha value is -3.20. The summed E-state index contributed by atoms with van der Waals surface area (Å²) in [4.78, 5) is 4.30. The van der Waals surface area contributed by atoms with E-state index in [1.165, 1.54) is 0 Å². The van der Waals surface area contributed by atoms with Crippen molar-refractivity contribution in [2.75, 3.05) is 5.43 Å². The standard InChI is InChI=1S/C16H16N6/c17-11-15(16(18)19)22-21-14-6-3-4-12(10-14)7-8-13-5-1-2-9-20-13/h1-6,9-10,21H,7-8H2,(H3,18,19)/b22-15+. The summed E-state index contributed by atoms with van der Waals surface area (Å²) in [5.41, 5.74) is 10.8. The van der Waals surface area contributed by atoms with Gasteiger partial charge < -0.3 is 5.73 Å². The fourth-order valence-electron chi connectivity index (χ4n) is 1.88. The van der Waals surface area contributed by atoms with E-state index in [0.717, 1.165) is 29.8 Å². The lowest BCUT2D eigenvalue weighted by molar-refractivity contribution is 0.914. The monoisotopic (exact) mass is 292 g/mol. The summed E-state index contributed by atoms with van der Waals surface area (Å²) in [5, 5.41) is 19.8. The number of nitriles is 1. The number of aryl methyl sites for hydroxylation is 2. The van der Waals surface area contributed by atoms with Crippen molar-refractivity contribution in [1.82, 2.24) is 4.98 Å². The molecule has 22 heavy (non-hydrogen) atoms.